The molecule has 0 atom stereocenters. The third kappa shape index (κ3) is 1.89. The predicted octanol–water partition coefficient (Wildman–Crippen LogP) is 3.39. The van der Waals surface area contributed by atoms with Crippen molar-refractivity contribution >= 4 is 21.8 Å². The van der Waals surface area contributed by atoms with Crippen LogP contribution < -0.4 is 4.85 Å². The van der Waals surface area contributed by atoms with Gasteiger partial charge in [-0.3, -0.25) is 0 Å². The van der Waals surface area contributed by atoms with Gasteiger partial charge in [0.15, 0.2) is 0 Å². The van der Waals surface area contributed by atoms with E-state index in [1.807, 2.05) is 61.5 Å². The summed E-state index contributed by atoms with van der Waals surface area (Å²) in [5.74, 6) is 0.452. The summed E-state index contributed by atoms with van der Waals surface area (Å²) in [7, 11) is 0. The fourth-order valence-corrected chi connectivity index (χ4v) is 2.75. The highest BCUT2D eigenvalue weighted by Crippen LogP contribution is 2.26. The van der Waals surface area contributed by atoms with Crippen LogP contribution in [0.2, 0.25) is 0 Å². The zero-order valence-corrected chi connectivity index (χ0v) is 12.0. The topological polar surface area (TPSA) is 52.7 Å². The number of nitrogens with zero attached hydrogens (tertiary/aromatic N) is 3. The Morgan fingerprint density at radius 2 is 1.68 bits per heavy atom. The normalized spacial score (nSPS) is 11.1. The molecule has 0 unspecified atom stereocenters. The van der Waals surface area contributed by atoms with Gasteiger partial charge in [-0.1, -0.05) is 54.6 Å². The Kier molecular flexibility index (Phi) is 2.76. The molecule has 0 saturated carbocycles. The van der Waals surface area contributed by atoms with Crippen molar-refractivity contribution in [2.45, 2.75) is 6.92 Å². The lowest BCUT2D eigenvalue weighted by atomic mass is 10.0. The molecular formula is C18H13N3O. The van der Waals surface area contributed by atoms with Gasteiger partial charge in [-0.25, -0.2) is 4.98 Å². The van der Waals surface area contributed by atoms with E-state index in [1.54, 1.807) is 6.07 Å². The first-order valence-electron chi connectivity index (χ1n) is 7.09. The summed E-state index contributed by atoms with van der Waals surface area (Å²) in [6.45, 7) is 1.95. The fourth-order valence-electron chi connectivity index (χ4n) is 2.75. The van der Waals surface area contributed by atoms with Crippen LogP contribution in [-0.2, 0) is 0 Å². The lowest BCUT2D eigenvalue weighted by Gasteiger charge is -2.07. The second-order valence-electron chi connectivity index (χ2n) is 5.28. The van der Waals surface area contributed by atoms with Crippen LogP contribution in [0.1, 0.15) is 5.56 Å². The fraction of sp³-hybridized carbons (Fsp3) is 0.0556. The monoisotopic (exact) mass is 287 g/mol. The molecule has 0 saturated heterocycles. The van der Waals surface area contributed by atoms with Gasteiger partial charge in [0.05, 0.1) is 0 Å². The largest absolute Gasteiger partial charge is 0.594 e. The number of benzene rings is 3. The summed E-state index contributed by atoms with van der Waals surface area (Å²) in [5.41, 5.74) is 3.01. The van der Waals surface area contributed by atoms with Crippen LogP contribution in [0.3, 0.4) is 0 Å². The number of hydrogen-bond acceptors (Lipinski definition) is 3. The molecule has 0 fully saturated rings. The maximum atomic E-state index is 12.2. The molecule has 3 aromatic carbocycles. The molecule has 0 radical (unpaired) electrons. The summed E-state index contributed by atoms with van der Waals surface area (Å²) < 4.78 is 0. The summed E-state index contributed by atoms with van der Waals surface area (Å²) in [4.78, 5) is 5.28. The van der Waals surface area contributed by atoms with E-state index in [1.165, 1.54) is 0 Å². The Labute approximate surface area is 127 Å². The summed E-state index contributed by atoms with van der Waals surface area (Å²) in [6.07, 6.45) is 0. The van der Waals surface area contributed by atoms with Gasteiger partial charge in [-0.05, 0) is 28.1 Å². The second kappa shape index (κ2) is 4.77. The van der Waals surface area contributed by atoms with Gasteiger partial charge < -0.3 is 5.21 Å². The van der Waals surface area contributed by atoms with E-state index >= 15 is 0 Å². The highest BCUT2D eigenvalue weighted by atomic mass is 16.5. The van der Waals surface area contributed by atoms with Crippen LogP contribution >= 0.6 is 0 Å². The van der Waals surface area contributed by atoms with Crippen LogP contribution in [0.5, 0.6) is 0 Å². The highest BCUT2D eigenvalue weighted by Gasteiger charge is 2.15. The highest BCUT2D eigenvalue weighted by molar-refractivity contribution is 5.95. The molecule has 22 heavy (non-hydrogen) atoms. The van der Waals surface area contributed by atoms with E-state index in [4.69, 9.17) is 0 Å². The van der Waals surface area contributed by atoms with E-state index in [2.05, 4.69) is 10.1 Å². The van der Waals surface area contributed by atoms with Crippen LogP contribution in [0.4, 0.5) is 0 Å². The molecule has 0 aliphatic rings. The Balaban J connectivity index is 2.07. The molecule has 0 aliphatic carbocycles. The number of hydrogen-bond donors (Lipinski definition) is 0. The van der Waals surface area contributed by atoms with Gasteiger partial charge in [0, 0.05) is 16.7 Å². The number of aromatic nitrogens is 3. The van der Waals surface area contributed by atoms with Crippen LogP contribution in [0.25, 0.3) is 33.2 Å². The molecular weight excluding hydrogens is 274 g/mol. The molecule has 4 nitrogen and oxygen atoms in total. The minimum Gasteiger partial charge on any atom is -0.594 e. The molecule has 4 rings (SSSR count). The standard InChI is InChI=1S/C18H13N3O/c1-12-6-4-11-16-17(12)19-18(20-21(16)22)15-10-5-8-13-7-2-3-9-14(13)15/h2-11H,1H3. The Morgan fingerprint density at radius 3 is 2.59 bits per heavy atom. The van der Waals surface area contributed by atoms with Crippen molar-refractivity contribution in [1.29, 1.82) is 0 Å². The second-order valence-corrected chi connectivity index (χ2v) is 5.28. The first-order valence-corrected chi connectivity index (χ1v) is 7.09. The molecule has 0 aliphatic heterocycles. The molecule has 0 bridgehead atoms. The van der Waals surface area contributed by atoms with Crippen molar-refractivity contribution in [2.24, 2.45) is 0 Å². The van der Waals surface area contributed by atoms with Crippen molar-refractivity contribution in [2.75, 3.05) is 0 Å². The molecule has 1 aromatic heterocycles. The average Bonchev–Trinajstić information content (AvgIpc) is 2.55. The lowest BCUT2D eigenvalue weighted by Crippen LogP contribution is -2.33. The zero-order valence-electron chi connectivity index (χ0n) is 12.0. The first kappa shape index (κ1) is 12.7. The Morgan fingerprint density at radius 1 is 0.909 bits per heavy atom. The van der Waals surface area contributed by atoms with E-state index < -0.39 is 0 Å². The number of aryl methyl sites for hydroxylation is 1. The van der Waals surface area contributed by atoms with E-state index in [0.717, 1.165) is 21.9 Å². The SMILES string of the molecule is Cc1cccc2c1nc(-c1cccc3ccccc13)n[n+]2[O-]. The minimum atomic E-state index is 0.452. The number of rotatable bonds is 1. The van der Waals surface area contributed by atoms with Gasteiger partial charge in [0.2, 0.25) is 5.82 Å². The van der Waals surface area contributed by atoms with Crippen LogP contribution in [-0.4, -0.2) is 10.1 Å². The van der Waals surface area contributed by atoms with Gasteiger partial charge in [-0.2, -0.15) is 0 Å². The third-order valence-electron chi connectivity index (χ3n) is 3.86. The van der Waals surface area contributed by atoms with E-state index in [-0.39, 0.29) is 0 Å². The third-order valence-corrected chi connectivity index (χ3v) is 3.86. The molecule has 106 valence electrons. The number of para-hydroxylation sites is 1. The first-order chi connectivity index (χ1) is 10.7. The summed E-state index contributed by atoms with van der Waals surface area (Å²) in [5, 5.41) is 18.5. The van der Waals surface area contributed by atoms with Crippen molar-refractivity contribution in [3.05, 3.63) is 71.4 Å². The maximum Gasteiger partial charge on any atom is 0.270 e. The number of fused-ring (bicyclic) bond motifs is 2. The molecule has 0 amide bonds. The van der Waals surface area contributed by atoms with Gasteiger partial charge in [0.25, 0.3) is 5.52 Å². The van der Waals surface area contributed by atoms with Crippen molar-refractivity contribution in [3.8, 4) is 11.4 Å². The van der Waals surface area contributed by atoms with Gasteiger partial charge in [0.1, 0.15) is 5.52 Å². The molecule has 0 N–H and O–H groups in total. The Bertz CT molecular complexity index is 1010. The maximum absolute atomic E-state index is 12.2. The van der Waals surface area contributed by atoms with Crippen molar-refractivity contribution in [3.63, 3.8) is 0 Å². The molecule has 4 heteroatoms. The quantitative estimate of drug-likeness (QED) is 0.398. The zero-order chi connectivity index (χ0) is 15.1. The average molecular weight is 287 g/mol. The minimum absolute atomic E-state index is 0.452. The lowest BCUT2D eigenvalue weighted by molar-refractivity contribution is -0.642. The molecule has 0 spiro atoms. The van der Waals surface area contributed by atoms with Gasteiger partial charge >= 0.3 is 0 Å². The van der Waals surface area contributed by atoms with E-state index in [0.29, 0.717) is 21.7 Å². The Hall–Kier alpha value is -3.01. The summed E-state index contributed by atoms with van der Waals surface area (Å²) in [6, 6.07) is 19.5. The van der Waals surface area contributed by atoms with E-state index in [9.17, 15) is 5.21 Å². The van der Waals surface area contributed by atoms with Crippen molar-refractivity contribution in [1.82, 2.24) is 10.1 Å². The van der Waals surface area contributed by atoms with Crippen LogP contribution in [0, 0.1) is 12.1 Å². The van der Waals surface area contributed by atoms with Crippen molar-refractivity contribution < 1.29 is 4.85 Å². The summed E-state index contributed by atoms with van der Waals surface area (Å²) >= 11 is 0. The van der Waals surface area contributed by atoms with Crippen LogP contribution in [0.15, 0.2) is 60.7 Å². The molecule has 4 aromatic rings. The smallest absolute Gasteiger partial charge is 0.270 e. The molecule has 1 heterocycles. The predicted molar refractivity (Wildman–Crippen MR) is 86.2 cm³/mol. The van der Waals surface area contributed by atoms with Gasteiger partial charge in [-0.15, -0.1) is 0 Å².